The summed E-state index contributed by atoms with van der Waals surface area (Å²) in [6.07, 6.45) is 0. The lowest BCUT2D eigenvalue weighted by atomic mass is 10.2. The van der Waals surface area contributed by atoms with Crippen molar-refractivity contribution in [3.63, 3.8) is 0 Å². The molecule has 8 heteroatoms. The number of para-hydroxylation sites is 1. The van der Waals surface area contributed by atoms with Crippen LogP contribution in [0, 0.1) is 0 Å². The van der Waals surface area contributed by atoms with Gasteiger partial charge >= 0.3 is 0 Å². The molecular formula is C19H17ClN4O3. The number of amides is 1. The van der Waals surface area contributed by atoms with E-state index in [9.17, 15) is 4.79 Å². The van der Waals surface area contributed by atoms with Gasteiger partial charge in [0.1, 0.15) is 11.5 Å². The maximum absolute atomic E-state index is 12.2. The van der Waals surface area contributed by atoms with Crippen molar-refractivity contribution >= 4 is 34.7 Å². The summed E-state index contributed by atoms with van der Waals surface area (Å²) in [6.45, 7) is 0. The summed E-state index contributed by atoms with van der Waals surface area (Å²) in [7, 11) is 3.06. The van der Waals surface area contributed by atoms with Gasteiger partial charge in [0.15, 0.2) is 11.5 Å². The summed E-state index contributed by atoms with van der Waals surface area (Å²) < 4.78 is 10.5. The Hall–Kier alpha value is -3.32. The molecule has 1 amide bonds. The second-order valence-electron chi connectivity index (χ2n) is 5.44. The summed E-state index contributed by atoms with van der Waals surface area (Å²) >= 11 is 6.10. The lowest BCUT2D eigenvalue weighted by Gasteiger charge is -2.13. The van der Waals surface area contributed by atoms with E-state index in [1.165, 1.54) is 14.2 Å². The van der Waals surface area contributed by atoms with Gasteiger partial charge in [-0.05, 0) is 24.3 Å². The van der Waals surface area contributed by atoms with E-state index in [-0.39, 0.29) is 11.6 Å². The zero-order valence-corrected chi connectivity index (χ0v) is 15.4. The highest BCUT2D eigenvalue weighted by molar-refractivity contribution is 6.32. The molecule has 0 bridgehead atoms. The van der Waals surface area contributed by atoms with Crippen molar-refractivity contribution in [3.8, 4) is 11.5 Å². The number of carbonyl (C=O) groups excluding carboxylic acids is 1. The first-order chi connectivity index (χ1) is 13.1. The van der Waals surface area contributed by atoms with Gasteiger partial charge in [-0.3, -0.25) is 4.79 Å². The van der Waals surface area contributed by atoms with Crippen molar-refractivity contribution in [1.29, 1.82) is 0 Å². The first-order valence-electron chi connectivity index (χ1n) is 7.99. The third-order valence-corrected chi connectivity index (χ3v) is 3.96. The molecule has 0 aliphatic carbocycles. The van der Waals surface area contributed by atoms with Crippen LogP contribution in [0.15, 0.2) is 54.6 Å². The first-order valence-corrected chi connectivity index (χ1v) is 8.37. The largest absolute Gasteiger partial charge is 0.495 e. The average molecular weight is 385 g/mol. The van der Waals surface area contributed by atoms with Crippen LogP contribution < -0.4 is 20.1 Å². The van der Waals surface area contributed by atoms with Gasteiger partial charge in [0, 0.05) is 17.8 Å². The lowest BCUT2D eigenvalue weighted by Crippen LogP contribution is -2.14. The van der Waals surface area contributed by atoms with Gasteiger partial charge in [-0.2, -0.15) is 0 Å². The van der Waals surface area contributed by atoms with E-state index in [1.807, 2.05) is 18.2 Å². The predicted octanol–water partition coefficient (Wildman–Crippen LogP) is 4.14. The Bertz CT molecular complexity index is 934. The first kappa shape index (κ1) is 18.5. The molecule has 0 radical (unpaired) electrons. The fraction of sp³-hybridized carbons (Fsp3) is 0.105. The Kier molecular flexibility index (Phi) is 5.73. The number of nitrogens with zero attached hydrogens (tertiary/aromatic N) is 2. The molecule has 27 heavy (non-hydrogen) atoms. The van der Waals surface area contributed by atoms with Crippen LogP contribution in [0.2, 0.25) is 5.02 Å². The van der Waals surface area contributed by atoms with E-state index in [4.69, 9.17) is 21.1 Å². The smallest absolute Gasteiger partial charge is 0.276 e. The maximum Gasteiger partial charge on any atom is 0.276 e. The van der Waals surface area contributed by atoms with Crippen LogP contribution in [0.25, 0.3) is 0 Å². The third-order valence-electron chi connectivity index (χ3n) is 3.67. The number of methoxy groups -OCH3 is 2. The number of anilines is 3. The Labute approximate surface area is 161 Å². The monoisotopic (exact) mass is 384 g/mol. The number of halogens is 1. The Balaban J connectivity index is 1.75. The molecule has 0 aliphatic heterocycles. The van der Waals surface area contributed by atoms with Crippen LogP contribution >= 0.6 is 11.6 Å². The molecule has 1 heterocycles. The predicted molar refractivity (Wildman–Crippen MR) is 104 cm³/mol. The van der Waals surface area contributed by atoms with E-state index in [1.54, 1.807) is 36.4 Å². The van der Waals surface area contributed by atoms with Crippen LogP contribution in [-0.4, -0.2) is 30.3 Å². The summed E-state index contributed by atoms with van der Waals surface area (Å²) in [4.78, 5) is 12.2. The number of benzene rings is 2. The zero-order valence-electron chi connectivity index (χ0n) is 14.7. The number of nitrogens with one attached hydrogen (secondary N) is 2. The lowest BCUT2D eigenvalue weighted by molar-refractivity contribution is 0.102. The Morgan fingerprint density at radius 1 is 0.963 bits per heavy atom. The van der Waals surface area contributed by atoms with Gasteiger partial charge in [-0.25, -0.2) is 0 Å². The number of ether oxygens (including phenoxy) is 2. The molecule has 0 atom stereocenters. The van der Waals surface area contributed by atoms with E-state index >= 15 is 0 Å². The van der Waals surface area contributed by atoms with Crippen LogP contribution in [0.3, 0.4) is 0 Å². The van der Waals surface area contributed by atoms with Gasteiger partial charge < -0.3 is 20.1 Å². The highest BCUT2D eigenvalue weighted by atomic mass is 35.5. The molecule has 1 aromatic heterocycles. The molecule has 7 nitrogen and oxygen atoms in total. The van der Waals surface area contributed by atoms with E-state index in [0.717, 1.165) is 0 Å². The molecule has 2 N–H and O–H groups in total. The summed E-state index contributed by atoms with van der Waals surface area (Å²) in [5, 5.41) is 14.3. The number of hydrogen-bond donors (Lipinski definition) is 2. The van der Waals surface area contributed by atoms with Crippen molar-refractivity contribution < 1.29 is 14.3 Å². The van der Waals surface area contributed by atoms with Gasteiger partial charge in [-0.15, -0.1) is 10.2 Å². The fourth-order valence-corrected chi connectivity index (χ4v) is 2.56. The summed E-state index contributed by atoms with van der Waals surface area (Å²) in [5.41, 5.74) is 1.49. The number of carbonyl (C=O) groups is 1. The fourth-order valence-electron chi connectivity index (χ4n) is 2.33. The molecule has 0 spiro atoms. The van der Waals surface area contributed by atoms with E-state index in [0.29, 0.717) is 33.7 Å². The molecule has 0 saturated heterocycles. The minimum atomic E-state index is -0.342. The van der Waals surface area contributed by atoms with Gasteiger partial charge in [0.2, 0.25) is 0 Å². The molecule has 2 aromatic carbocycles. The van der Waals surface area contributed by atoms with Gasteiger partial charge in [0.05, 0.1) is 24.9 Å². The molecule has 138 valence electrons. The van der Waals surface area contributed by atoms with Crippen LogP contribution in [0.4, 0.5) is 17.2 Å². The van der Waals surface area contributed by atoms with E-state index in [2.05, 4.69) is 20.8 Å². The third kappa shape index (κ3) is 4.45. The second-order valence-corrected chi connectivity index (χ2v) is 5.84. The van der Waals surface area contributed by atoms with Crippen LogP contribution in [0.1, 0.15) is 10.5 Å². The van der Waals surface area contributed by atoms with Crippen molar-refractivity contribution in [3.05, 3.63) is 65.3 Å². The number of hydrogen-bond acceptors (Lipinski definition) is 6. The number of aromatic nitrogens is 2. The highest BCUT2D eigenvalue weighted by Crippen LogP contribution is 2.36. The Morgan fingerprint density at radius 2 is 1.70 bits per heavy atom. The number of rotatable bonds is 6. The maximum atomic E-state index is 12.2. The molecule has 0 saturated carbocycles. The zero-order chi connectivity index (χ0) is 19.2. The molecule has 3 rings (SSSR count). The summed E-state index contributed by atoms with van der Waals surface area (Å²) in [6, 6.07) is 15.7. The van der Waals surface area contributed by atoms with Gasteiger partial charge in [0.25, 0.3) is 5.91 Å². The van der Waals surface area contributed by atoms with Crippen molar-refractivity contribution in [1.82, 2.24) is 10.2 Å². The SMILES string of the molecule is COc1cc(Nc2ccc(C(=O)Nc3ccccc3)nn2)c(OC)cc1Cl. The van der Waals surface area contributed by atoms with Crippen LogP contribution in [-0.2, 0) is 0 Å². The van der Waals surface area contributed by atoms with Crippen molar-refractivity contribution in [2.24, 2.45) is 0 Å². The quantitative estimate of drug-likeness (QED) is 0.664. The normalized spacial score (nSPS) is 10.2. The Morgan fingerprint density at radius 3 is 2.33 bits per heavy atom. The van der Waals surface area contributed by atoms with Crippen molar-refractivity contribution in [2.45, 2.75) is 0 Å². The highest BCUT2D eigenvalue weighted by Gasteiger charge is 2.12. The minimum absolute atomic E-state index is 0.199. The molecular weight excluding hydrogens is 368 g/mol. The van der Waals surface area contributed by atoms with Gasteiger partial charge in [-0.1, -0.05) is 29.8 Å². The molecule has 3 aromatic rings. The topological polar surface area (TPSA) is 85.4 Å². The molecule has 0 unspecified atom stereocenters. The summed E-state index contributed by atoms with van der Waals surface area (Å²) in [5.74, 6) is 1.11. The van der Waals surface area contributed by atoms with E-state index < -0.39 is 0 Å². The molecule has 0 aliphatic rings. The second kappa shape index (κ2) is 8.37. The standard InChI is InChI=1S/C19H17ClN4O3/c1-26-16-11-15(17(27-2)10-13(16)20)22-18-9-8-14(23-24-18)19(25)21-12-6-4-3-5-7-12/h3-11H,1-2H3,(H,21,25)(H,22,24). The van der Waals surface area contributed by atoms with Crippen LogP contribution in [0.5, 0.6) is 11.5 Å². The minimum Gasteiger partial charge on any atom is -0.495 e. The van der Waals surface area contributed by atoms with Crippen molar-refractivity contribution in [2.75, 3.05) is 24.9 Å². The average Bonchev–Trinajstić information content (AvgIpc) is 2.70. The molecule has 0 fully saturated rings.